The molecule has 10 heteroatoms. The number of nitro groups is 1. The van der Waals surface area contributed by atoms with Crippen molar-refractivity contribution in [1.82, 2.24) is 10.3 Å². The van der Waals surface area contributed by atoms with Crippen molar-refractivity contribution in [3.05, 3.63) is 45.5 Å². The van der Waals surface area contributed by atoms with Gasteiger partial charge in [0.2, 0.25) is 0 Å². The second-order valence-corrected chi connectivity index (χ2v) is 6.97. The van der Waals surface area contributed by atoms with Crippen LogP contribution in [-0.4, -0.2) is 46.1 Å². The molecule has 0 spiro atoms. The Kier molecular flexibility index (Phi) is 5.77. The normalized spacial score (nSPS) is 17.9. The zero-order chi connectivity index (χ0) is 19.4. The number of carbonyl (C=O) groups excluding carboxylic acids is 1. The van der Waals surface area contributed by atoms with Crippen molar-refractivity contribution in [3.63, 3.8) is 0 Å². The molecule has 9 nitrogen and oxygen atoms in total. The number of aliphatic carboxylic acids is 1. The lowest BCUT2D eigenvalue weighted by Gasteiger charge is -2.27. The van der Waals surface area contributed by atoms with Crippen molar-refractivity contribution in [1.29, 1.82) is 0 Å². The first-order valence-corrected chi connectivity index (χ1v) is 9.15. The van der Waals surface area contributed by atoms with E-state index in [0.717, 1.165) is 17.8 Å². The summed E-state index contributed by atoms with van der Waals surface area (Å²) in [4.78, 5) is 38.6. The van der Waals surface area contributed by atoms with E-state index in [-0.39, 0.29) is 23.9 Å². The Bertz CT molecular complexity index is 862. The number of rotatable bonds is 6. The van der Waals surface area contributed by atoms with Gasteiger partial charge in [0.25, 0.3) is 11.6 Å². The average Bonchev–Trinajstić information content (AvgIpc) is 3.17. The fraction of sp³-hybridized carbons (Fsp3) is 0.353. The standard InChI is InChI=1S/C17H17N3O6S/c21-15(19-14(17(22)23)11-4-2-6-26-8-11)13-9-27-16(18-13)10-3-1-5-12(7-10)20(24)25/h1,3,5,7,9,11,14H,2,4,6,8H2,(H,19,21)(H,22,23). The lowest BCUT2D eigenvalue weighted by molar-refractivity contribution is -0.384. The number of nitro benzene ring substituents is 1. The Balaban J connectivity index is 1.75. The number of ether oxygens (including phenoxy) is 1. The van der Waals surface area contributed by atoms with Crippen LogP contribution in [0.5, 0.6) is 0 Å². The van der Waals surface area contributed by atoms with Gasteiger partial charge in [-0.25, -0.2) is 9.78 Å². The van der Waals surface area contributed by atoms with Crippen LogP contribution in [0.3, 0.4) is 0 Å². The zero-order valence-corrected chi connectivity index (χ0v) is 15.0. The van der Waals surface area contributed by atoms with Gasteiger partial charge in [0.15, 0.2) is 0 Å². The second-order valence-electron chi connectivity index (χ2n) is 6.11. The van der Waals surface area contributed by atoms with E-state index in [1.54, 1.807) is 6.07 Å². The van der Waals surface area contributed by atoms with Gasteiger partial charge >= 0.3 is 5.97 Å². The molecule has 0 radical (unpaired) electrons. The minimum atomic E-state index is -1.12. The molecule has 2 heterocycles. The summed E-state index contributed by atoms with van der Waals surface area (Å²) in [6.45, 7) is 0.878. The molecule has 27 heavy (non-hydrogen) atoms. The van der Waals surface area contributed by atoms with Gasteiger partial charge in [-0.2, -0.15) is 0 Å². The third-order valence-corrected chi connectivity index (χ3v) is 5.15. The smallest absolute Gasteiger partial charge is 0.326 e. The van der Waals surface area contributed by atoms with Crippen molar-refractivity contribution >= 4 is 28.9 Å². The van der Waals surface area contributed by atoms with E-state index in [1.165, 1.54) is 23.6 Å². The van der Waals surface area contributed by atoms with Gasteiger partial charge in [-0.1, -0.05) is 12.1 Å². The van der Waals surface area contributed by atoms with E-state index in [9.17, 15) is 24.8 Å². The SMILES string of the molecule is O=C(NC(C(=O)O)C1CCCOC1)c1csc(-c2cccc([N+](=O)[O-])c2)n1. The number of carboxylic acid groups (broad SMARTS) is 1. The molecule has 2 N–H and O–H groups in total. The highest BCUT2D eigenvalue weighted by Gasteiger charge is 2.32. The van der Waals surface area contributed by atoms with Crippen molar-refractivity contribution in [3.8, 4) is 10.6 Å². The molecule has 142 valence electrons. The number of carbonyl (C=O) groups is 2. The van der Waals surface area contributed by atoms with Crippen LogP contribution in [0.4, 0.5) is 5.69 Å². The lowest BCUT2D eigenvalue weighted by Crippen LogP contribution is -2.48. The number of benzene rings is 1. The number of hydrogen-bond acceptors (Lipinski definition) is 7. The molecule has 1 amide bonds. The molecule has 1 aliphatic heterocycles. The van der Waals surface area contributed by atoms with Crippen LogP contribution >= 0.6 is 11.3 Å². The third-order valence-electron chi connectivity index (χ3n) is 4.26. The largest absolute Gasteiger partial charge is 0.480 e. The van der Waals surface area contributed by atoms with E-state index in [4.69, 9.17) is 4.74 Å². The maximum Gasteiger partial charge on any atom is 0.326 e. The minimum Gasteiger partial charge on any atom is -0.480 e. The topological polar surface area (TPSA) is 132 Å². The van der Waals surface area contributed by atoms with E-state index in [1.807, 2.05) is 0 Å². The van der Waals surface area contributed by atoms with E-state index in [0.29, 0.717) is 23.6 Å². The summed E-state index contributed by atoms with van der Waals surface area (Å²) in [6.07, 6.45) is 1.41. The van der Waals surface area contributed by atoms with Crippen molar-refractivity contribution in [2.75, 3.05) is 13.2 Å². The Morgan fingerprint density at radius 3 is 2.93 bits per heavy atom. The van der Waals surface area contributed by atoms with E-state index >= 15 is 0 Å². The highest BCUT2D eigenvalue weighted by molar-refractivity contribution is 7.13. The molecule has 2 unspecified atom stereocenters. The zero-order valence-electron chi connectivity index (χ0n) is 14.2. The number of thiazole rings is 1. The number of aromatic nitrogens is 1. The second kappa shape index (κ2) is 8.23. The fourth-order valence-electron chi connectivity index (χ4n) is 2.89. The van der Waals surface area contributed by atoms with E-state index < -0.39 is 22.8 Å². The van der Waals surface area contributed by atoms with Crippen LogP contribution in [0.2, 0.25) is 0 Å². The van der Waals surface area contributed by atoms with Crippen molar-refractivity contribution in [2.24, 2.45) is 5.92 Å². The van der Waals surface area contributed by atoms with Crippen LogP contribution in [0.15, 0.2) is 29.6 Å². The highest BCUT2D eigenvalue weighted by atomic mass is 32.1. The first-order valence-electron chi connectivity index (χ1n) is 8.27. The summed E-state index contributed by atoms with van der Waals surface area (Å²) in [5, 5.41) is 24.8. The molecule has 1 saturated heterocycles. The molecule has 0 bridgehead atoms. The van der Waals surface area contributed by atoms with Crippen LogP contribution in [0.1, 0.15) is 23.3 Å². The molecular formula is C17H17N3O6S. The molecule has 2 aromatic rings. The fourth-order valence-corrected chi connectivity index (χ4v) is 3.69. The number of nitrogens with zero attached hydrogens (tertiary/aromatic N) is 2. The van der Waals surface area contributed by atoms with Crippen LogP contribution in [-0.2, 0) is 9.53 Å². The number of nitrogens with one attached hydrogen (secondary N) is 1. The number of hydrogen-bond donors (Lipinski definition) is 2. The molecule has 1 aliphatic rings. The molecule has 1 aromatic carbocycles. The average molecular weight is 391 g/mol. The molecular weight excluding hydrogens is 374 g/mol. The lowest BCUT2D eigenvalue weighted by atomic mass is 9.93. The summed E-state index contributed by atoms with van der Waals surface area (Å²) < 4.78 is 5.31. The molecule has 2 atom stereocenters. The van der Waals surface area contributed by atoms with Crippen LogP contribution < -0.4 is 5.32 Å². The highest BCUT2D eigenvalue weighted by Crippen LogP contribution is 2.27. The van der Waals surface area contributed by atoms with Gasteiger partial charge < -0.3 is 15.2 Å². The molecule has 0 saturated carbocycles. The number of carboxylic acids is 1. The molecule has 1 fully saturated rings. The van der Waals surface area contributed by atoms with Gasteiger partial charge in [0.1, 0.15) is 16.7 Å². The summed E-state index contributed by atoms with van der Waals surface area (Å²) in [6, 6.07) is 4.89. The number of non-ortho nitro benzene ring substituents is 1. The predicted molar refractivity (Wildman–Crippen MR) is 96.6 cm³/mol. The van der Waals surface area contributed by atoms with E-state index in [2.05, 4.69) is 10.3 Å². The number of amides is 1. The Labute approximate surface area is 158 Å². The first kappa shape index (κ1) is 18.9. The first-order chi connectivity index (χ1) is 13.0. The summed E-state index contributed by atoms with van der Waals surface area (Å²) in [5.41, 5.74) is 0.519. The van der Waals surface area contributed by atoms with Gasteiger partial charge in [-0.15, -0.1) is 11.3 Å². The molecule has 0 aliphatic carbocycles. The quantitative estimate of drug-likeness (QED) is 0.570. The minimum absolute atomic E-state index is 0.0723. The van der Waals surface area contributed by atoms with Crippen molar-refractivity contribution < 1.29 is 24.4 Å². The van der Waals surface area contributed by atoms with Gasteiger partial charge in [0.05, 0.1) is 11.5 Å². The van der Waals surface area contributed by atoms with Gasteiger partial charge in [-0.05, 0) is 12.8 Å². The third kappa shape index (κ3) is 4.47. The Morgan fingerprint density at radius 1 is 1.44 bits per heavy atom. The Hall–Kier alpha value is -2.85. The molecule has 1 aromatic heterocycles. The maximum atomic E-state index is 12.4. The summed E-state index contributed by atoms with van der Waals surface area (Å²) in [5.74, 6) is -2.01. The predicted octanol–water partition coefficient (Wildman–Crippen LogP) is 2.33. The summed E-state index contributed by atoms with van der Waals surface area (Å²) in [7, 11) is 0. The maximum absolute atomic E-state index is 12.4. The summed E-state index contributed by atoms with van der Waals surface area (Å²) >= 11 is 1.16. The van der Waals surface area contributed by atoms with Crippen LogP contribution in [0.25, 0.3) is 10.6 Å². The van der Waals surface area contributed by atoms with Gasteiger partial charge in [0, 0.05) is 35.6 Å². The molecule has 3 rings (SSSR count). The monoisotopic (exact) mass is 391 g/mol. The van der Waals surface area contributed by atoms with Crippen LogP contribution in [0, 0.1) is 16.0 Å². The Morgan fingerprint density at radius 2 is 2.26 bits per heavy atom. The van der Waals surface area contributed by atoms with Gasteiger partial charge in [-0.3, -0.25) is 14.9 Å². The van der Waals surface area contributed by atoms with Crippen molar-refractivity contribution in [2.45, 2.75) is 18.9 Å².